The monoisotopic (exact) mass is 366 g/mol. The van der Waals surface area contributed by atoms with E-state index in [1.165, 1.54) is 16.8 Å². The topological polar surface area (TPSA) is 71.9 Å². The molecule has 1 atom stereocenters. The lowest BCUT2D eigenvalue weighted by molar-refractivity contribution is 0.191. The number of imidazole rings is 1. The summed E-state index contributed by atoms with van der Waals surface area (Å²) in [5, 5.41) is 4.33. The molecule has 27 heavy (non-hydrogen) atoms. The van der Waals surface area contributed by atoms with Gasteiger partial charge in [-0.2, -0.15) is 5.10 Å². The molecule has 0 unspecified atom stereocenters. The van der Waals surface area contributed by atoms with Crippen LogP contribution in [0.3, 0.4) is 0 Å². The van der Waals surface area contributed by atoms with Crippen molar-refractivity contribution in [3.05, 3.63) is 58.7 Å². The lowest BCUT2D eigenvalue weighted by Gasteiger charge is -2.36. The van der Waals surface area contributed by atoms with E-state index in [0.717, 1.165) is 48.9 Å². The molecule has 0 aliphatic carbocycles. The predicted octanol–water partition coefficient (Wildman–Crippen LogP) is 2.79. The lowest BCUT2D eigenvalue weighted by atomic mass is 9.91. The number of nitrogens with one attached hydrogen (secondary N) is 1. The average Bonchev–Trinajstić information content (AvgIpc) is 3.32. The summed E-state index contributed by atoms with van der Waals surface area (Å²) >= 11 is 0. The van der Waals surface area contributed by atoms with Crippen LogP contribution < -0.4 is 4.74 Å². The molecule has 1 aliphatic heterocycles. The number of ether oxygens (including phenoxy) is 1. The number of methoxy groups -OCH3 is 1. The van der Waals surface area contributed by atoms with Crippen molar-refractivity contribution in [2.24, 2.45) is 0 Å². The second-order valence-electron chi connectivity index (χ2n) is 7.06. The molecule has 2 aromatic heterocycles. The van der Waals surface area contributed by atoms with Crippen LogP contribution in [-0.4, -0.2) is 43.3 Å². The molecular formula is C20H26N6O. The standard InChI is InChI=1S/C20H26N6O/c1-5-26-18(22-12-24-26)10-25-7-6-16-19(23-11-21-16)20(25)15-8-14(3)17(27-4)9-13(15)2/h8-9,11-12,20H,5-7,10H2,1-4H3,(H,21,23)/t20-/m0/s1. The first-order chi connectivity index (χ1) is 13.1. The van der Waals surface area contributed by atoms with Crippen LogP contribution in [0.25, 0.3) is 0 Å². The molecule has 142 valence electrons. The fraction of sp³-hybridized carbons (Fsp3) is 0.450. The van der Waals surface area contributed by atoms with Gasteiger partial charge in [-0.3, -0.25) is 4.90 Å². The van der Waals surface area contributed by atoms with Crippen molar-refractivity contribution >= 4 is 0 Å². The van der Waals surface area contributed by atoms with E-state index < -0.39 is 0 Å². The molecule has 0 radical (unpaired) electrons. The third-order valence-electron chi connectivity index (χ3n) is 5.44. The second-order valence-corrected chi connectivity index (χ2v) is 7.06. The van der Waals surface area contributed by atoms with Gasteiger partial charge in [0.05, 0.1) is 31.7 Å². The minimum Gasteiger partial charge on any atom is -0.496 e. The van der Waals surface area contributed by atoms with Crippen LogP contribution in [0.15, 0.2) is 24.8 Å². The third kappa shape index (κ3) is 3.12. The van der Waals surface area contributed by atoms with Gasteiger partial charge < -0.3 is 9.72 Å². The van der Waals surface area contributed by atoms with E-state index in [-0.39, 0.29) is 6.04 Å². The Morgan fingerprint density at radius 2 is 2.07 bits per heavy atom. The number of aromatic amines is 1. The zero-order valence-electron chi connectivity index (χ0n) is 16.4. The van der Waals surface area contributed by atoms with Gasteiger partial charge in [0, 0.05) is 25.2 Å². The Balaban J connectivity index is 1.77. The van der Waals surface area contributed by atoms with Crippen molar-refractivity contribution in [2.45, 2.75) is 46.3 Å². The molecule has 0 bridgehead atoms. The number of aromatic nitrogens is 5. The quantitative estimate of drug-likeness (QED) is 0.752. The van der Waals surface area contributed by atoms with E-state index in [9.17, 15) is 0 Å². The SMILES string of the molecule is CCn1ncnc1CN1CCc2[nH]cnc2[C@@H]1c1cc(C)c(OC)cc1C. The van der Waals surface area contributed by atoms with Gasteiger partial charge in [-0.25, -0.2) is 14.6 Å². The summed E-state index contributed by atoms with van der Waals surface area (Å²) < 4.78 is 7.47. The molecule has 7 heteroatoms. The van der Waals surface area contributed by atoms with E-state index in [1.807, 2.05) is 4.68 Å². The second kappa shape index (κ2) is 7.15. The van der Waals surface area contributed by atoms with Crippen LogP contribution in [0, 0.1) is 13.8 Å². The Morgan fingerprint density at radius 3 is 2.85 bits per heavy atom. The minimum atomic E-state index is 0.0895. The van der Waals surface area contributed by atoms with Crippen LogP contribution in [0.2, 0.25) is 0 Å². The highest BCUT2D eigenvalue weighted by Crippen LogP contribution is 2.37. The van der Waals surface area contributed by atoms with Crippen molar-refractivity contribution in [1.82, 2.24) is 29.6 Å². The molecule has 3 heterocycles. The number of benzene rings is 1. The van der Waals surface area contributed by atoms with Crippen LogP contribution in [0.1, 0.15) is 46.9 Å². The number of H-pyrrole nitrogens is 1. The molecule has 0 fully saturated rings. The Kier molecular flexibility index (Phi) is 4.70. The number of fused-ring (bicyclic) bond motifs is 1. The molecule has 4 rings (SSSR count). The number of nitrogens with zero attached hydrogens (tertiary/aromatic N) is 5. The van der Waals surface area contributed by atoms with Gasteiger partial charge in [0.2, 0.25) is 0 Å². The van der Waals surface area contributed by atoms with Gasteiger partial charge in [-0.1, -0.05) is 6.07 Å². The highest BCUT2D eigenvalue weighted by atomic mass is 16.5. The Bertz CT molecular complexity index is 944. The summed E-state index contributed by atoms with van der Waals surface area (Å²) in [6, 6.07) is 4.45. The first kappa shape index (κ1) is 17.7. The van der Waals surface area contributed by atoms with Gasteiger partial charge >= 0.3 is 0 Å². The Hall–Kier alpha value is -2.67. The van der Waals surface area contributed by atoms with Crippen molar-refractivity contribution in [3.8, 4) is 5.75 Å². The Morgan fingerprint density at radius 1 is 1.22 bits per heavy atom. The first-order valence-corrected chi connectivity index (χ1v) is 9.40. The van der Waals surface area contributed by atoms with Crippen molar-refractivity contribution in [3.63, 3.8) is 0 Å². The number of hydrogen-bond donors (Lipinski definition) is 1. The van der Waals surface area contributed by atoms with Gasteiger partial charge in [0.15, 0.2) is 0 Å². The molecule has 1 aliphatic rings. The van der Waals surface area contributed by atoms with E-state index in [4.69, 9.17) is 4.74 Å². The van der Waals surface area contributed by atoms with E-state index in [2.05, 4.69) is 57.9 Å². The fourth-order valence-corrected chi connectivity index (χ4v) is 4.02. The number of aryl methyl sites for hydroxylation is 3. The van der Waals surface area contributed by atoms with Gasteiger partial charge in [-0.15, -0.1) is 0 Å². The largest absolute Gasteiger partial charge is 0.496 e. The average molecular weight is 366 g/mol. The minimum absolute atomic E-state index is 0.0895. The molecule has 3 aromatic rings. The number of hydrogen-bond acceptors (Lipinski definition) is 5. The summed E-state index contributed by atoms with van der Waals surface area (Å²) in [5.41, 5.74) is 5.94. The lowest BCUT2D eigenvalue weighted by Crippen LogP contribution is -2.37. The fourth-order valence-electron chi connectivity index (χ4n) is 4.02. The van der Waals surface area contributed by atoms with E-state index >= 15 is 0 Å². The smallest absolute Gasteiger partial charge is 0.141 e. The zero-order valence-corrected chi connectivity index (χ0v) is 16.4. The summed E-state index contributed by atoms with van der Waals surface area (Å²) in [6.45, 7) is 8.84. The van der Waals surface area contributed by atoms with Crippen LogP contribution >= 0.6 is 0 Å². The summed E-state index contributed by atoms with van der Waals surface area (Å²) in [6.07, 6.45) is 4.41. The molecule has 1 aromatic carbocycles. The molecule has 0 spiro atoms. The van der Waals surface area contributed by atoms with Crippen molar-refractivity contribution in [2.75, 3.05) is 13.7 Å². The van der Waals surface area contributed by atoms with Gasteiger partial charge in [-0.05, 0) is 43.5 Å². The number of rotatable bonds is 5. The summed E-state index contributed by atoms with van der Waals surface area (Å²) in [4.78, 5) is 14.9. The third-order valence-corrected chi connectivity index (χ3v) is 5.44. The molecule has 0 amide bonds. The maximum absolute atomic E-state index is 5.51. The summed E-state index contributed by atoms with van der Waals surface area (Å²) in [5.74, 6) is 1.91. The molecule has 0 saturated carbocycles. The Labute approximate surface area is 159 Å². The highest BCUT2D eigenvalue weighted by Gasteiger charge is 2.33. The molecule has 1 N–H and O–H groups in total. The van der Waals surface area contributed by atoms with E-state index in [1.54, 1.807) is 19.8 Å². The zero-order chi connectivity index (χ0) is 19.0. The van der Waals surface area contributed by atoms with Crippen LogP contribution in [0.4, 0.5) is 0 Å². The highest BCUT2D eigenvalue weighted by molar-refractivity contribution is 5.46. The van der Waals surface area contributed by atoms with Crippen molar-refractivity contribution in [1.29, 1.82) is 0 Å². The first-order valence-electron chi connectivity index (χ1n) is 9.40. The van der Waals surface area contributed by atoms with Crippen LogP contribution in [-0.2, 0) is 19.5 Å². The van der Waals surface area contributed by atoms with E-state index in [0.29, 0.717) is 0 Å². The van der Waals surface area contributed by atoms with Crippen LogP contribution in [0.5, 0.6) is 5.75 Å². The predicted molar refractivity (Wildman–Crippen MR) is 103 cm³/mol. The normalized spacial score (nSPS) is 17.1. The van der Waals surface area contributed by atoms with Gasteiger partial charge in [0.25, 0.3) is 0 Å². The maximum atomic E-state index is 5.51. The molecule has 0 saturated heterocycles. The van der Waals surface area contributed by atoms with Crippen molar-refractivity contribution < 1.29 is 4.74 Å². The molecule has 7 nitrogen and oxygen atoms in total. The van der Waals surface area contributed by atoms with Gasteiger partial charge in [0.1, 0.15) is 17.9 Å². The maximum Gasteiger partial charge on any atom is 0.141 e. The molecular weight excluding hydrogens is 340 g/mol. The summed E-state index contributed by atoms with van der Waals surface area (Å²) in [7, 11) is 1.72.